The molecule has 10 heteroatoms. The zero-order chi connectivity index (χ0) is 15.9. The smallest absolute Gasteiger partial charge is 0.318 e. The summed E-state index contributed by atoms with van der Waals surface area (Å²) < 4.78 is 1.71. The van der Waals surface area contributed by atoms with Crippen LogP contribution in [0.3, 0.4) is 0 Å². The zero-order valence-corrected chi connectivity index (χ0v) is 14.4. The first kappa shape index (κ1) is 16.7. The lowest BCUT2D eigenvalue weighted by Crippen LogP contribution is -2.35. The van der Waals surface area contributed by atoms with Gasteiger partial charge in [-0.25, -0.2) is 4.79 Å². The molecule has 0 saturated carbocycles. The molecular formula is C12H12BrN5O2S2. The average molecular weight is 402 g/mol. The second-order valence-corrected chi connectivity index (χ2v) is 7.25. The van der Waals surface area contributed by atoms with Crippen molar-refractivity contribution in [1.82, 2.24) is 15.5 Å². The summed E-state index contributed by atoms with van der Waals surface area (Å²) in [5.41, 5.74) is 5.76. The van der Waals surface area contributed by atoms with Crippen LogP contribution < -0.4 is 16.4 Å². The summed E-state index contributed by atoms with van der Waals surface area (Å²) in [5.74, 6) is 0.0852. The van der Waals surface area contributed by atoms with Gasteiger partial charge >= 0.3 is 6.03 Å². The first-order chi connectivity index (χ1) is 10.5. The van der Waals surface area contributed by atoms with Gasteiger partial charge < -0.3 is 11.1 Å². The molecule has 0 aliphatic heterocycles. The molecule has 0 unspecified atom stereocenters. The van der Waals surface area contributed by atoms with Crippen LogP contribution in [0.15, 0.2) is 33.1 Å². The van der Waals surface area contributed by atoms with Crippen molar-refractivity contribution in [2.75, 3.05) is 11.1 Å². The van der Waals surface area contributed by atoms with Crippen LogP contribution in [0.1, 0.15) is 6.42 Å². The number of carbonyl (C=O) groups is 2. The Balaban J connectivity index is 1.81. The Kier molecular flexibility index (Phi) is 6.16. The van der Waals surface area contributed by atoms with Crippen molar-refractivity contribution < 1.29 is 9.59 Å². The average Bonchev–Trinajstić information content (AvgIpc) is 2.85. The van der Waals surface area contributed by atoms with Crippen LogP contribution in [0.2, 0.25) is 0 Å². The van der Waals surface area contributed by atoms with E-state index in [1.807, 2.05) is 29.6 Å². The van der Waals surface area contributed by atoms with Crippen LogP contribution in [0.4, 0.5) is 15.6 Å². The number of imide groups is 1. The SMILES string of the molecule is NC(=O)NC(=O)CCSc1nnc(Nc2cccc(Br)c2)s1. The molecule has 0 fully saturated rings. The number of rotatable bonds is 6. The number of amides is 3. The molecule has 22 heavy (non-hydrogen) atoms. The molecular weight excluding hydrogens is 390 g/mol. The van der Waals surface area contributed by atoms with Crippen molar-refractivity contribution in [3.8, 4) is 0 Å². The van der Waals surface area contributed by atoms with Gasteiger partial charge in [0.25, 0.3) is 0 Å². The van der Waals surface area contributed by atoms with Gasteiger partial charge in [0, 0.05) is 22.3 Å². The number of hydrogen-bond acceptors (Lipinski definition) is 7. The van der Waals surface area contributed by atoms with E-state index in [4.69, 9.17) is 5.73 Å². The molecule has 2 aromatic rings. The largest absolute Gasteiger partial charge is 0.351 e. The normalized spacial score (nSPS) is 10.2. The van der Waals surface area contributed by atoms with E-state index in [-0.39, 0.29) is 6.42 Å². The van der Waals surface area contributed by atoms with Crippen molar-refractivity contribution in [2.45, 2.75) is 10.8 Å². The summed E-state index contributed by atoms with van der Waals surface area (Å²) >= 11 is 6.18. The highest BCUT2D eigenvalue weighted by atomic mass is 79.9. The highest BCUT2D eigenvalue weighted by Crippen LogP contribution is 2.28. The second kappa shape index (κ2) is 8.11. The van der Waals surface area contributed by atoms with E-state index >= 15 is 0 Å². The molecule has 0 spiro atoms. The van der Waals surface area contributed by atoms with Gasteiger partial charge in [-0.2, -0.15) is 0 Å². The number of anilines is 2. The maximum absolute atomic E-state index is 11.2. The lowest BCUT2D eigenvalue weighted by molar-refractivity contribution is -0.119. The lowest BCUT2D eigenvalue weighted by Gasteiger charge is -2.01. The molecule has 0 bridgehead atoms. The first-order valence-corrected chi connectivity index (χ1v) is 8.70. The number of thioether (sulfide) groups is 1. The topological polar surface area (TPSA) is 110 Å². The molecule has 2 rings (SSSR count). The van der Waals surface area contributed by atoms with Gasteiger partial charge in [-0.05, 0) is 18.2 Å². The third-order valence-corrected chi connectivity index (χ3v) is 4.77. The van der Waals surface area contributed by atoms with Crippen molar-refractivity contribution >= 4 is 61.8 Å². The van der Waals surface area contributed by atoms with E-state index in [1.54, 1.807) is 0 Å². The third-order valence-electron chi connectivity index (χ3n) is 2.30. The van der Waals surface area contributed by atoms with Crippen LogP contribution in [0.5, 0.6) is 0 Å². The molecule has 0 atom stereocenters. The Morgan fingerprint density at radius 1 is 1.36 bits per heavy atom. The van der Waals surface area contributed by atoms with Gasteiger partial charge in [0.2, 0.25) is 11.0 Å². The van der Waals surface area contributed by atoms with Gasteiger partial charge in [-0.1, -0.05) is 45.1 Å². The standard InChI is InChI=1S/C12H12BrN5O2S2/c13-7-2-1-3-8(6-7)15-11-17-18-12(22-11)21-5-4-9(19)16-10(14)20/h1-3,6H,4-5H2,(H,15,17)(H3,14,16,19,20). The zero-order valence-electron chi connectivity index (χ0n) is 11.2. The fourth-order valence-electron chi connectivity index (χ4n) is 1.44. The van der Waals surface area contributed by atoms with Gasteiger partial charge in [0.05, 0.1) is 0 Å². The molecule has 4 N–H and O–H groups in total. The number of nitrogens with two attached hydrogens (primary N) is 1. The summed E-state index contributed by atoms with van der Waals surface area (Å²) in [6.45, 7) is 0. The molecule has 7 nitrogen and oxygen atoms in total. The van der Waals surface area contributed by atoms with E-state index in [0.717, 1.165) is 14.5 Å². The van der Waals surface area contributed by atoms with Crippen molar-refractivity contribution in [2.24, 2.45) is 5.73 Å². The van der Waals surface area contributed by atoms with Crippen LogP contribution in [0, 0.1) is 0 Å². The summed E-state index contributed by atoms with van der Waals surface area (Å²) in [5, 5.41) is 13.9. The maximum Gasteiger partial charge on any atom is 0.318 e. The molecule has 116 valence electrons. The minimum absolute atomic E-state index is 0.182. The van der Waals surface area contributed by atoms with Crippen molar-refractivity contribution in [3.63, 3.8) is 0 Å². The maximum atomic E-state index is 11.2. The van der Waals surface area contributed by atoms with Crippen molar-refractivity contribution in [1.29, 1.82) is 0 Å². The molecule has 0 saturated heterocycles. The molecule has 1 heterocycles. The Bertz CT molecular complexity index is 679. The molecule has 0 radical (unpaired) electrons. The summed E-state index contributed by atoms with van der Waals surface area (Å²) in [6.07, 6.45) is 0.182. The number of hydrogen-bond donors (Lipinski definition) is 3. The monoisotopic (exact) mass is 401 g/mol. The highest BCUT2D eigenvalue weighted by molar-refractivity contribution is 9.10. The minimum Gasteiger partial charge on any atom is -0.351 e. The Hall–Kier alpha value is -1.65. The summed E-state index contributed by atoms with van der Waals surface area (Å²) in [4.78, 5) is 21.7. The van der Waals surface area contributed by atoms with E-state index in [9.17, 15) is 9.59 Å². The summed E-state index contributed by atoms with van der Waals surface area (Å²) in [7, 11) is 0. The molecule has 0 aliphatic carbocycles. The van der Waals surface area contributed by atoms with Crippen LogP contribution in [0.25, 0.3) is 0 Å². The van der Waals surface area contributed by atoms with Crippen molar-refractivity contribution in [3.05, 3.63) is 28.7 Å². The first-order valence-electron chi connectivity index (χ1n) is 6.11. The van der Waals surface area contributed by atoms with Gasteiger partial charge in [-0.15, -0.1) is 10.2 Å². The van der Waals surface area contributed by atoms with Crippen LogP contribution >= 0.6 is 39.0 Å². The Morgan fingerprint density at radius 2 is 2.18 bits per heavy atom. The Morgan fingerprint density at radius 3 is 2.91 bits per heavy atom. The fraction of sp³-hybridized carbons (Fsp3) is 0.167. The van der Waals surface area contributed by atoms with Crippen LogP contribution in [-0.2, 0) is 4.79 Å². The van der Waals surface area contributed by atoms with E-state index in [1.165, 1.54) is 23.1 Å². The fourth-order valence-corrected chi connectivity index (χ4v) is 3.62. The number of benzene rings is 1. The number of primary amides is 1. The molecule has 0 aliphatic rings. The molecule has 1 aromatic heterocycles. The van der Waals surface area contributed by atoms with Crippen LogP contribution in [-0.4, -0.2) is 27.9 Å². The Labute approximate surface area is 143 Å². The predicted molar refractivity (Wildman–Crippen MR) is 90.4 cm³/mol. The quantitative estimate of drug-likeness (QED) is 0.641. The lowest BCUT2D eigenvalue weighted by atomic mass is 10.3. The predicted octanol–water partition coefficient (Wildman–Crippen LogP) is 2.72. The van der Waals surface area contributed by atoms with E-state index in [0.29, 0.717) is 10.9 Å². The number of halogens is 1. The highest BCUT2D eigenvalue weighted by Gasteiger charge is 2.08. The number of carbonyl (C=O) groups excluding carboxylic acids is 2. The van der Waals surface area contributed by atoms with Gasteiger partial charge in [0.15, 0.2) is 4.34 Å². The number of nitrogens with zero attached hydrogens (tertiary/aromatic N) is 2. The van der Waals surface area contributed by atoms with E-state index in [2.05, 4.69) is 31.4 Å². The van der Waals surface area contributed by atoms with Gasteiger partial charge in [0.1, 0.15) is 0 Å². The summed E-state index contributed by atoms with van der Waals surface area (Å²) in [6, 6.07) is 6.87. The number of urea groups is 1. The minimum atomic E-state index is -0.841. The molecule has 3 amide bonds. The third kappa shape index (κ3) is 5.62. The molecule has 1 aromatic carbocycles. The second-order valence-electron chi connectivity index (χ2n) is 4.02. The number of aromatic nitrogens is 2. The number of nitrogens with one attached hydrogen (secondary N) is 2. The van der Waals surface area contributed by atoms with E-state index < -0.39 is 11.9 Å². The van der Waals surface area contributed by atoms with Gasteiger partial charge in [-0.3, -0.25) is 10.1 Å².